The van der Waals surface area contributed by atoms with Crippen molar-refractivity contribution < 1.29 is 14.3 Å². The van der Waals surface area contributed by atoms with Crippen LogP contribution in [0.15, 0.2) is 18.2 Å². The number of esters is 1. The summed E-state index contributed by atoms with van der Waals surface area (Å²) in [5.41, 5.74) is 1.89. The summed E-state index contributed by atoms with van der Waals surface area (Å²) in [4.78, 5) is 11.5. The van der Waals surface area contributed by atoms with Crippen LogP contribution in [-0.4, -0.2) is 18.7 Å². The van der Waals surface area contributed by atoms with Gasteiger partial charge in [0, 0.05) is 0 Å². The molecule has 0 unspecified atom stereocenters. The van der Waals surface area contributed by atoms with Gasteiger partial charge in [-0.05, 0) is 44.2 Å². The Bertz CT molecular complexity index is 427. The quantitative estimate of drug-likeness (QED) is 0.768. The Labute approximate surface area is 108 Å². The number of methoxy groups -OCH3 is 1. The average molecular weight is 248 g/mol. The minimum Gasteiger partial charge on any atom is -0.486 e. The van der Waals surface area contributed by atoms with E-state index < -0.39 is 0 Å². The van der Waals surface area contributed by atoms with E-state index in [1.807, 2.05) is 32.0 Å². The van der Waals surface area contributed by atoms with Crippen LogP contribution in [0, 0.1) is 13.8 Å². The second-order valence-corrected chi connectivity index (χ2v) is 5.11. The molecule has 1 aromatic rings. The first-order valence-corrected chi connectivity index (χ1v) is 6.38. The van der Waals surface area contributed by atoms with E-state index in [0.29, 0.717) is 6.42 Å². The van der Waals surface area contributed by atoms with Crippen molar-refractivity contribution >= 4 is 5.97 Å². The minimum absolute atomic E-state index is 0.194. The number of benzene rings is 1. The maximum Gasteiger partial charge on any atom is 0.309 e. The van der Waals surface area contributed by atoms with Crippen LogP contribution in [0.5, 0.6) is 5.75 Å². The molecule has 0 amide bonds. The van der Waals surface area contributed by atoms with Gasteiger partial charge in [-0.1, -0.05) is 18.2 Å². The maximum atomic E-state index is 11.5. The Morgan fingerprint density at radius 2 is 1.89 bits per heavy atom. The van der Waals surface area contributed by atoms with Gasteiger partial charge in [0.2, 0.25) is 0 Å². The molecule has 0 N–H and O–H groups in total. The van der Waals surface area contributed by atoms with Crippen LogP contribution < -0.4 is 4.74 Å². The SMILES string of the molecule is COC(=O)CC1(Oc2c(C)cccc2C)CCC1. The van der Waals surface area contributed by atoms with Crippen LogP contribution in [0.4, 0.5) is 0 Å². The second kappa shape index (κ2) is 5.01. The van der Waals surface area contributed by atoms with Crippen molar-refractivity contribution in [1.29, 1.82) is 0 Å². The van der Waals surface area contributed by atoms with Crippen molar-refractivity contribution in [3.63, 3.8) is 0 Å². The van der Waals surface area contributed by atoms with E-state index >= 15 is 0 Å². The van der Waals surface area contributed by atoms with Crippen molar-refractivity contribution in [2.45, 2.75) is 45.1 Å². The van der Waals surface area contributed by atoms with E-state index in [2.05, 4.69) is 0 Å². The highest BCUT2D eigenvalue weighted by Crippen LogP contribution is 2.41. The summed E-state index contributed by atoms with van der Waals surface area (Å²) in [5, 5.41) is 0. The van der Waals surface area contributed by atoms with Crippen molar-refractivity contribution in [1.82, 2.24) is 0 Å². The standard InChI is InChI=1S/C15H20O3/c1-11-6-4-7-12(2)14(11)18-15(8-5-9-15)10-13(16)17-3/h4,6-7H,5,8-10H2,1-3H3. The smallest absolute Gasteiger partial charge is 0.309 e. The van der Waals surface area contributed by atoms with Gasteiger partial charge in [-0.25, -0.2) is 0 Å². The number of carbonyl (C=O) groups excluding carboxylic acids is 1. The lowest BCUT2D eigenvalue weighted by molar-refractivity contribution is -0.148. The molecule has 3 nitrogen and oxygen atoms in total. The molecule has 0 aliphatic heterocycles. The lowest BCUT2D eigenvalue weighted by Gasteiger charge is -2.41. The maximum absolute atomic E-state index is 11.5. The Hall–Kier alpha value is -1.51. The summed E-state index contributed by atoms with van der Waals surface area (Å²) >= 11 is 0. The van der Waals surface area contributed by atoms with Crippen LogP contribution in [0.3, 0.4) is 0 Å². The third kappa shape index (κ3) is 2.50. The number of ether oxygens (including phenoxy) is 2. The van der Waals surface area contributed by atoms with Crippen LogP contribution in [0.25, 0.3) is 0 Å². The summed E-state index contributed by atoms with van der Waals surface area (Å²) in [6.07, 6.45) is 3.31. The number of carbonyl (C=O) groups is 1. The molecule has 1 aromatic carbocycles. The summed E-state index contributed by atoms with van der Waals surface area (Å²) in [7, 11) is 1.42. The highest BCUT2D eigenvalue weighted by atomic mass is 16.5. The van der Waals surface area contributed by atoms with Gasteiger partial charge in [-0.3, -0.25) is 4.79 Å². The summed E-state index contributed by atoms with van der Waals surface area (Å²) < 4.78 is 10.9. The van der Waals surface area contributed by atoms with Crippen molar-refractivity contribution in [3.05, 3.63) is 29.3 Å². The molecule has 0 atom stereocenters. The zero-order valence-corrected chi connectivity index (χ0v) is 11.3. The number of hydrogen-bond acceptors (Lipinski definition) is 3. The van der Waals surface area contributed by atoms with Crippen LogP contribution in [0.2, 0.25) is 0 Å². The molecular formula is C15H20O3. The van der Waals surface area contributed by atoms with Crippen LogP contribution in [-0.2, 0) is 9.53 Å². The molecule has 0 heterocycles. The monoisotopic (exact) mass is 248 g/mol. The number of para-hydroxylation sites is 1. The molecule has 3 heteroatoms. The predicted octanol–water partition coefficient (Wildman–Crippen LogP) is 3.17. The molecule has 98 valence electrons. The molecule has 0 radical (unpaired) electrons. The first kappa shape index (κ1) is 12.9. The van der Waals surface area contributed by atoms with Gasteiger partial charge < -0.3 is 9.47 Å². The molecule has 0 bridgehead atoms. The van der Waals surface area contributed by atoms with Crippen LogP contribution in [0.1, 0.15) is 36.8 Å². The van der Waals surface area contributed by atoms with E-state index in [0.717, 1.165) is 36.1 Å². The molecule has 0 saturated heterocycles. The lowest BCUT2D eigenvalue weighted by Crippen LogP contribution is -2.45. The van der Waals surface area contributed by atoms with Gasteiger partial charge in [-0.15, -0.1) is 0 Å². The lowest BCUT2D eigenvalue weighted by atomic mass is 9.77. The number of hydrogen-bond donors (Lipinski definition) is 0. The Morgan fingerprint density at radius 3 is 2.33 bits per heavy atom. The summed E-state index contributed by atoms with van der Waals surface area (Å²) in [6, 6.07) is 6.09. The summed E-state index contributed by atoms with van der Waals surface area (Å²) in [6.45, 7) is 4.07. The molecule has 1 saturated carbocycles. The third-order valence-electron chi connectivity index (χ3n) is 3.69. The van der Waals surface area contributed by atoms with Crippen molar-refractivity contribution in [2.75, 3.05) is 7.11 Å². The van der Waals surface area contributed by atoms with Gasteiger partial charge in [-0.2, -0.15) is 0 Å². The Morgan fingerprint density at radius 1 is 1.28 bits per heavy atom. The topological polar surface area (TPSA) is 35.5 Å². The first-order chi connectivity index (χ1) is 8.56. The van der Waals surface area contributed by atoms with Gasteiger partial charge >= 0.3 is 5.97 Å². The summed E-state index contributed by atoms with van der Waals surface area (Å²) in [5.74, 6) is 0.724. The van der Waals surface area contributed by atoms with E-state index in [9.17, 15) is 4.79 Å². The molecule has 18 heavy (non-hydrogen) atoms. The van der Waals surface area contributed by atoms with E-state index in [-0.39, 0.29) is 11.6 Å². The highest BCUT2D eigenvalue weighted by Gasteiger charge is 2.42. The normalized spacial score (nSPS) is 16.8. The Balaban J connectivity index is 2.18. The third-order valence-corrected chi connectivity index (χ3v) is 3.69. The molecule has 0 spiro atoms. The first-order valence-electron chi connectivity index (χ1n) is 6.38. The van der Waals surface area contributed by atoms with Gasteiger partial charge in [0.25, 0.3) is 0 Å². The van der Waals surface area contributed by atoms with Gasteiger partial charge in [0.1, 0.15) is 11.4 Å². The van der Waals surface area contributed by atoms with Gasteiger partial charge in [0.15, 0.2) is 0 Å². The number of rotatable bonds is 4. The Kier molecular flexibility index (Phi) is 3.60. The van der Waals surface area contributed by atoms with Gasteiger partial charge in [0.05, 0.1) is 13.5 Å². The molecule has 2 rings (SSSR count). The second-order valence-electron chi connectivity index (χ2n) is 5.11. The van der Waals surface area contributed by atoms with E-state index in [1.165, 1.54) is 7.11 Å². The molecule has 0 aromatic heterocycles. The molecule has 1 fully saturated rings. The largest absolute Gasteiger partial charge is 0.486 e. The zero-order chi connectivity index (χ0) is 13.2. The van der Waals surface area contributed by atoms with Crippen molar-refractivity contribution in [2.24, 2.45) is 0 Å². The molecule has 1 aliphatic rings. The molecule has 1 aliphatic carbocycles. The zero-order valence-electron chi connectivity index (χ0n) is 11.3. The number of aryl methyl sites for hydroxylation is 2. The average Bonchev–Trinajstić information content (AvgIpc) is 2.30. The van der Waals surface area contributed by atoms with E-state index in [1.54, 1.807) is 0 Å². The minimum atomic E-state index is -0.343. The fourth-order valence-corrected chi connectivity index (χ4v) is 2.40. The van der Waals surface area contributed by atoms with Crippen molar-refractivity contribution in [3.8, 4) is 5.75 Å². The fraction of sp³-hybridized carbons (Fsp3) is 0.533. The predicted molar refractivity (Wildman–Crippen MR) is 69.8 cm³/mol. The molecular weight excluding hydrogens is 228 g/mol. The van der Waals surface area contributed by atoms with E-state index in [4.69, 9.17) is 9.47 Å². The van der Waals surface area contributed by atoms with Crippen LogP contribution >= 0.6 is 0 Å². The highest BCUT2D eigenvalue weighted by molar-refractivity contribution is 5.70. The fourth-order valence-electron chi connectivity index (χ4n) is 2.40.